The lowest BCUT2D eigenvalue weighted by atomic mass is 10.1. The first kappa shape index (κ1) is 14.2. The maximum Gasteiger partial charge on any atom is 0.292 e. The molecule has 0 bridgehead atoms. The predicted molar refractivity (Wildman–Crippen MR) is 79.9 cm³/mol. The number of carbonyl (C=O) groups is 1. The number of nitro benzene ring substituents is 1. The van der Waals surface area contributed by atoms with E-state index in [1.54, 1.807) is 43.3 Å². The van der Waals surface area contributed by atoms with Crippen LogP contribution in [0.2, 0.25) is 0 Å². The minimum absolute atomic E-state index is 0.129. The lowest BCUT2D eigenvalue weighted by Gasteiger charge is -2.08. The molecule has 0 saturated carbocycles. The fourth-order valence-corrected chi connectivity index (χ4v) is 2.21. The van der Waals surface area contributed by atoms with Crippen LogP contribution in [0.15, 0.2) is 46.9 Å². The molecule has 102 valence electrons. The summed E-state index contributed by atoms with van der Waals surface area (Å²) in [6, 6.07) is 11.5. The van der Waals surface area contributed by atoms with Crippen molar-refractivity contribution in [3.8, 4) is 0 Å². The topological polar surface area (TPSA) is 72.2 Å². The monoisotopic (exact) mass is 334 g/mol. The van der Waals surface area contributed by atoms with Gasteiger partial charge in [0.05, 0.1) is 10.5 Å². The smallest absolute Gasteiger partial charge is 0.292 e. The molecule has 0 saturated heterocycles. The number of nitrogens with zero attached hydrogens (tertiary/aromatic N) is 1. The third-order valence-corrected chi connectivity index (χ3v) is 3.41. The van der Waals surface area contributed by atoms with Crippen molar-refractivity contribution in [2.45, 2.75) is 6.92 Å². The molecule has 0 spiro atoms. The van der Waals surface area contributed by atoms with Crippen LogP contribution < -0.4 is 5.32 Å². The van der Waals surface area contributed by atoms with E-state index in [0.717, 1.165) is 5.56 Å². The number of halogens is 1. The van der Waals surface area contributed by atoms with E-state index in [4.69, 9.17) is 0 Å². The van der Waals surface area contributed by atoms with Crippen LogP contribution in [0.3, 0.4) is 0 Å². The van der Waals surface area contributed by atoms with Crippen LogP contribution in [0.25, 0.3) is 0 Å². The number of rotatable bonds is 3. The summed E-state index contributed by atoms with van der Waals surface area (Å²) < 4.78 is 0.632. The predicted octanol–water partition coefficient (Wildman–Crippen LogP) is 3.92. The Labute approximate surface area is 123 Å². The number of anilines is 1. The van der Waals surface area contributed by atoms with E-state index in [-0.39, 0.29) is 11.4 Å². The second kappa shape index (κ2) is 5.83. The Morgan fingerprint density at radius 1 is 1.25 bits per heavy atom. The first-order chi connectivity index (χ1) is 9.49. The third-order valence-electron chi connectivity index (χ3n) is 2.72. The molecule has 1 amide bonds. The summed E-state index contributed by atoms with van der Waals surface area (Å²) in [7, 11) is 0. The van der Waals surface area contributed by atoms with Crippen molar-refractivity contribution in [2.24, 2.45) is 0 Å². The Balaban J connectivity index is 2.35. The first-order valence-electron chi connectivity index (χ1n) is 5.80. The van der Waals surface area contributed by atoms with E-state index >= 15 is 0 Å². The summed E-state index contributed by atoms with van der Waals surface area (Å²) in [6.45, 7) is 1.80. The molecule has 20 heavy (non-hydrogen) atoms. The molecule has 0 aromatic heterocycles. The van der Waals surface area contributed by atoms with Crippen LogP contribution in [-0.4, -0.2) is 10.8 Å². The van der Waals surface area contributed by atoms with Crippen LogP contribution in [0.1, 0.15) is 15.9 Å². The molecule has 0 aliphatic rings. The van der Waals surface area contributed by atoms with E-state index in [9.17, 15) is 14.9 Å². The zero-order valence-corrected chi connectivity index (χ0v) is 12.2. The molecular formula is C14H11BrN2O3. The third kappa shape index (κ3) is 3.03. The SMILES string of the molecule is Cc1ccc([N+](=O)[O-])c(NC(=O)c2ccccc2Br)c1. The number of nitrogens with one attached hydrogen (secondary N) is 1. The van der Waals surface area contributed by atoms with Crippen molar-refractivity contribution in [3.63, 3.8) is 0 Å². The highest BCUT2D eigenvalue weighted by molar-refractivity contribution is 9.10. The molecule has 1 N–H and O–H groups in total. The summed E-state index contributed by atoms with van der Waals surface area (Å²) >= 11 is 3.28. The zero-order valence-electron chi connectivity index (χ0n) is 10.6. The van der Waals surface area contributed by atoms with Gasteiger partial charge in [-0.15, -0.1) is 0 Å². The van der Waals surface area contributed by atoms with Crippen LogP contribution in [-0.2, 0) is 0 Å². The second-order valence-electron chi connectivity index (χ2n) is 4.21. The number of aryl methyl sites for hydroxylation is 1. The highest BCUT2D eigenvalue weighted by Crippen LogP contribution is 2.26. The molecule has 2 aromatic carbocycles. The van der Waals surface area contributed by atoms with Gasteiger partial charge in [0.1, 0.15) is 5.69 Å². The number of nitro groups is 1. The molecule has 0 atom stereocenters. The molecule has 6 heteroatoms. The molecule has 2 aromatic rings. The minimum Gasteiger partial charge on any atom is -0.316 e. The lowest BCUT2D eigenvalue weighted by Crippen LogP contribution is -2.13. The van der Waals surface area contributed by atoms with Crippen molar-refractivity contribution in [1.29, 1.82) is 0 Å². The van der Waals surface area contributed by atoms with Gasteiger partial charge in [-0.05, 0) is 46.6 Å². The van der Waals surface area contributed by atoms with Crippen LogP contribution in [0.4, 0.5) is 11.4 Å². The van der Waals surface area contributed by atoms with Gasteiger partial charge in [-0.25, -0.2) is 0 Å². The summed E-state index contributed by atoms with van der Waals surface area (Å²) in [6.07, 6.45) is 0. The fourth-order valence-electron chi connectivity index (χ4n) is 1.74. The van der Waals surface area contributed by atoms with Crippen LogP contribution in [0, 0.1) is 17.0 Å². The van der Waals surface area contributed by atoms with Gasteiger partial charge in [-0.2, -0.15) is 0 Å². The molecular weight excluding hydrogens is 324 g/mol. The summed E-state index contributed by atoms with van der Waals surface area (Å²) in [5.41, 5.74) is 1.31. The second-order valence-corrected chi connectivity index (χ2v) is 5.07. The Morgan fingerprint density at radius 2 is 1.95 bits per heavy atom. The zero-order chi connectivity index (χ0) is 14.7. The van der Waals surface area contributed by atoms with Gasteiger partial charge < -0.3 is 5.32 Å². The number of amides is 1. The van der Waals surface area contributed by atoms with Gasteiger partial charge in [0.25, 0.3) is 11.6 Å². The van der Waals surface area contributed by atoms with Gasteiger partial charge in [0.2, 0.25) is 0 Å². The van der Waals surface area contributed by atoms with Gasteiger partial charge in [-0.3, -0.25) is 14.9 Å². The van der Waals surface area contributed by atoms with E-state index in [2.05, 4.69) is 21.2 Å². The Hall–Kier alpha value is -2.21. The summed E-state index contributed by atoms with van der Waals surface area (Å²) in [5.74, 6) is -0.397. The molecule has 0 aliphatic carbocycles. The Kier molecular flexibility index (Phi) is 4.14. The van der Waals surface area contributed by atoms with E-state index in [0.29, 0.717) is 10.0 Å². The van der Waals surface area contributed by atoms with Crippen molar-refractivity contribution in [1.82, 2.24) is 0 Å². The van der Waals surface area contributed by atoms with Crippen molar-refractivity contribution >= 4 is 33.2 Å². The maximum absolute atomic E-state index is 12.2. The van der Waals surface area contributed by atoms with E-state index in [1.165, 1.54) is 6.07 Å². The quantitative estimate of drug-likeness (QED) is 0.683. The lowest BCUT2D eigenvalue weighted by molar-refractivity contribution is -0.383. The van der Waals surface area contributed by atoms with Crippen LogP contribution >= 0.6 is 15.9 Å². The minimum atomic E-state index is -0.519. The normalized spacial score (nSPS) is 10.1. The van der Waals surface area contributed by atoms with Crippen LogP contribution in [0.5, 0.6) is 0 Å². The first-order valence-corrected chi connectivity index (χ1v) is 6.59. The number of hydrogen-bond acceptors (Lipinski definition) is 3. The molecule has 0 fully saturated rings. The average Bonchev–Trinajstić information content (AvgIpc) is 2.38. The standard InChI is InChI=1S/C14H11BrN2O3/c1-9-6-7-13(17(19)20)12(8-9)16-14(18)10-4-2-3-5-11(10)15/h2-8H,1H3,(H,16,18). The van der Waals surface area contributed by atoms with E-state index < -0.39 is 10.8 Å². The number of hydrogen-bond donors (Lipinski definition) is 1. The number of carbonyl (C=O) groups excluding carboxylic acids is 1. The van der Waals surface area contributed by atoms with Crippen molar-refractivity contribution < 1.29 is 9.72 Å². The molecule has 2 rings (SSSR count). The van der Waals surface area contributed by atoms with Gasteiger partial charge >= 0.3 is 0 Å². The maximum atomic E-state index is 12.2. The summed E-state index contributed by atoms with van der Waals surface area (Å²) in [5, 5.41) is 13.5. The molecule has 0 heterocycles. The van der Waals surface area contributed by atoms with Crippen molar-refractivity contribution in [3.05, 3.63) is 68.2 Å². The van der Waals surface area contributed by atoms with Gasteiger partial charge in [0, 0.05) is 10.5 Å². The van der Waals surface area contributed by atoms with E-state index in [1.807, 2.05) is 0 Å². The highest BCUT2D eigenvalue weighted by atomic mass is 79.9. The fraction of sp³-hybridized carbons (Fsp3) is 0.0714. The molecule has 5 nitrogen and oxygen atoms in total. The van der Waals surface area contributed by atoms with Gasteiger partial charge in [-0.1, -0.05) is 18.2 Å². The highest BCUT2D eigenvalue weighted by Gasteiger charge is 2.17. The molecule has 0 aliphatic heterocycles. The Morgan fingerprint density at radius 3 is 2.60 bits per heavy atom. The molecule has 0 unspecified atom stereocenters. The number of benzene rings is 2. The van der Waals surface area contributed by atoms with Gasteiger partial charge in [0.15, 0.2) is 0 Å². The average molecular weight is 335 g/mol. The largest absolute Gasteiger partial charge is 0.316 e. The molecule has 0 radical (unpaired) electrons. The Bertz CT molecular complexity index is 686. The summed E-state index contributed by atoms with van der Waals surface area (Å²) in [4.78, 5) is 22.6. The van der Waals surface area contributed by atoms with Crippen molar-refractivity contribution in [2.75, 3.05) is 5.32 Å².